The molecule has 0 aromatic heterocycles. The molecule has 2 aromatic carbocycles. The fraction of sp³-hybridized carbons (Fsp3) is 0.304. The van der Waals surface area contributed by atoms with E-state index in [0.717, 1.165) is 4.90 Å². The van der Waals surface area contributed by atoms with Crippen LogP contribution in [0.3, 0.4) is 0 Å². The van der Waals surface area contributed by atoms with E-state index in [-0.39, 0.29) is 36.6 Å². The number of ether oxygens (including phenoxy) is 1. The van der Waals surface area contributed by atoms with E-state index in [1.165, 1.54) is 0 Å². The first kappa shape index (κ1) is 20.6. The minimum absolute atomic E-state index is 0.0497. The van der Waals surface area contributed by atoms with Crippen molar-refractivity contribution in [1.29, 1.82) is 0 Å². The molecule has 4 rings (SSSR count). The van der Waals surface area contributed by atoms with Crippen molar-refractivity contribution in [3.63, 3.8) is 0 Å². The van der Waals surface area contributed by atoms with E-state index < -0.39 is 0 Å². The Morgan fingerprint density at radius 3 is 2.10 bits per heavy atom. The number of nitrogens with zero attached hydrogens (tertiary/aromatic N) is 3. The molecule has 0 spiro atoms. The summed E-state index contributed by atoms with van der Waals surface area (Å²) in [7, 11) is 1.55. The van der Waals surface area contributed by atoms with Gasteiger partial charge in [0.25, 0.3) is 17.7 Å². The highest BCUT2D eigenvalue weighted by Crippen LogP contribution is 2.22. The number of rotatable bonds is 5. The standard InChI is InChI=1S/C23H23N3O5/c1-31-17-6-4-5-16(15-17)21(28)25-13-11-24(12-14-25)20(27)9-10-26-22(29)18-7-2-3-8-19(18)23(26)30/h2-8,15H,9-14H2,1H3. The number of imide groups is 1. The third kappa shape index (κ3) is 4.01. The zero-order valence-electron chi connectivity index (χ0n) is 17.2. The Labute approximate surface area is 180 Å². The van der Waals surface area contributed by atoms with Crippen LogP contribution in [0, 0.1) is 0 Å². The van der Waals surface area contributed by atoms with Crippen LogP contribution in [0.15, 0.2) is 48.5 Å². The van der Waals surface area contributed by atoms with Crippen molar-refractivity contribution in [2.24, 2.45) is 0 Å². The van der Waals surface area contributed by atoms with Gasteiger partial charge in [-0.3, -0.25) is 24.1 Å². The highest BCUT2D eigenvalue weighted by atomic mass is 16.5. The number of carbonyl (C=O) groups is 4. The zero-order valence-corrected chi connectivity index (χ0v) is 17.2. The van der Waals surface area contributed by atoms with Gasteiger partial charge < -0.3 is 14.5 Å². The van der Waals surface area contributed by atoms with Crippen molar-refractivity contribution in [1.82, 2.24) is 14.7 Å². The van der Waals surface area contributed by atoms with Crippen molar-refractivity contribution < 1.29 is 23.9 Å². The lowest BCUT2D eigenvalue weighted by Crippen LogP contribution is -2.51. The van der Waals surface area contributed by atoms with Crippen molar-refractivity contribution >= 4 is 23.6 Å². The predicted molar refractivity (Wildman–Crippen MR) is 112 cm³/mol. The molecule has 31 heavy (non-hydrogen) atoms. The number of piperazine rings is 1. The maximum Gasteiger partial charge on any atom is 0.261 e. The maximum atomic E-state index is 12.7. The van der Waals surface area contributed by atoms with Crippen molar-refractivity contribution in [3.05, 3.63) is 65.2 Å². The Morgan fingerprint density at radius 2 is 1.48 bits per heavy atom. The highest BCUT2D eigenvalue weighted by molar-refractivity contribution is 6.21. The third-order valence-corrected chi connectivity index (χ3v) is 5.66. The van der Waals surface area contributed by atoms with Crippen LogP contribution in [-0.2, 0) is 4.79 Å². The molecule has 0 N–H and O–H groups in total. The quantitative estimate of drug-likeness (QED) is 0.686. The van der Waals surface area contributed by atoms with Gasteiger partial charge >= 0.3 is 0 Å². The summed E-state index contributed by atoms with van der Waals surface area (Å²) in [5, 5.41) is 0. The fourth-order valence-electron chi connectivity index (χ4n) is 3.91. The number of carbonyl (C=O) groups excluding carboxylic acids is 4. The van der Waals surface area contributed by atoms with Gasteiger partial charge in [0.05, 0.1) is 18.2 Å². The van der Waals surface area contributed by atoms with Crippen molar-refractivity contribution in [3.8, 4) is 5.75 Å². The molecule has 8 heteroatoms. The first-order valence-corrected chi connectivity index (χ1v) is 10.2. The van der Waals surface area contributed by atoms with E-state index in [1.54, 1.807) is 65.4 Å². The van der Waals surface area contributed by atoms with Crippen LogP contribution in [0.25, 0.3) is 0 Å². The van der Waals surface area contributed by atoms with Gasteiger partial charge in [-0.15, -0.1) is 0 Å². The molecule has 0 atom stereocenters. The summed E-state index contributed by atoms with van der Waals surface area (Å²) in [4.78, 5) is 54.7. The van der Waals surface area contributed by atoms with Crippen LogP contribution in [0.2, 0.25) is 0 Å². The molecule has 2 aromatic rings. The lowest BCUT2D eigenvalue weighted by molar-refractivity contribution is -0.132. The molecule has 0 aliphatic carbocycles. The second kappa shape index (κ2) is 8.59. The summed E-state index contributed by atoms with van der Waals surface area (Å²) < 4.78 is 5.17. The summed E-state index contributed by atoms with van der Waals surface area (Å²) in [6.07, 6.45) is 0.0648. The summed E-state index contributed by atoms with van der Waals surface area (Å²) in [6, 6.07) is 13.7. The first-order chi connectivity index (χ1) is 15.0. The Balaban J connectivity index is 1.29. The smallest absolute Gasteiger partial charge is 0.261 e. The molecule has 0 bridgehead atoms. The Bertz CT molecular complexity index is 1010. The molecule has 160 valence electrons. The van der Waals surface area contributed by atoms with Gasteiger partial charge in [-0.05, 0) is 30.3 Å². The lowest BCUT2D eigenvalue weighted by Gasteiger charge is -2.35. The van der Waals surface area contributed by atoms with Crippen LogP contribution in [0.4, 0.5) is 0 Å². The Kier molecular flexibility index (Phi) is 5.70. The third-order valence-electron chi connectivity index (χ3n) is 5.66. The van der Waals surface area contributed by atoms with E-state index in [1.807, 2.05) is 0 Å². The average Bonchev–Trinajstić information content (AvgIpc) is 3.07. The highest BCUT2D eigenvalue weighted by Gasteiger charge is 2.35. The van der Waals surface area contributed by atoms with Crippen LogP contribution >= 0.6 is 0 Å². The molecule has 0 unspecified atom stereocenters. The number of fused-ring (bicyclic) bond motifs is 1. The topological polar surface area (TPSA) is 87.2 Å². The van der Waals surface area contributed by atoms with Crippen LogP contribution in [0.5, 0.6) is 5.75 Å². The monoisotopic (exact) mass is 421 g/mol. The zero-order chi connectivity index (χ0) is 22.0. The van der Waals surface area contributed by atoms with E-state index in [9.17, 15) is 19.2 Å². The number of hydrogen-bond acceptors (Lipinski definition) is 5. The average molecular weight is 421 g/mol. The molecule has 8 nitrogen and oxygen atoms in total. The fourth-order valence-corrected chi connectivity index (χ4v) is 3.91. The number of hydrogen-bond donors (Lipinski definition) is 0. The van der Waals surface area contributed by atoms with E-state index in [0.29, 0.717) is 48.6 Å². The van der Waals surface area contributed by atoms with Gasteiger partial charge in [0.1, 0.15) is 5.75 Å². The van der Waals surface area contributed by atoms with Gasteiger partial charge in [-0.1, -0.05) is 18.2 Å². The molecule has 0 saturated carbocycles. The van der Waals surface area contributed by atoms with Gasteiger partial charge in [-0.2, -0.15) is 0 Å². The van der Waals surface area contributed by atoms with Gasteiger partial charge in [-0.25, -0.2) is 0 Å². The van der Waals surface area contributed by atoms with E-state index >= 15 is 0 Å². The summed E-state index contributed by atoms with van der Waals surface area (Å²) >= 11 is 0. The van der Waals surface area contributed by atoms with Crippen LogP contribution in [-0.4, -0.2) is 78.2 Å². The van der Waals surface area contributed by atoms with Crippen molar-refractivity contribution in [2.75, 3.05) is 39.8 Å². The minimum atomic E-state index is -0.359. The normalized spacial score (nSPS) is 15.8. The SMILES string of the molecule is COc1cccc(C(=O)N2CCN(C(=O)CCN3C(=O)c4ccccc4C3=O)CC2)c1. The molecule has 0 radical (unpaired) electrons. The second-order valence-corrected chi connectivity index (χ2v) is 7.46. The second-order valence-electron chi connectivity index (χ2n) is 7.46. The number of benzene rings is 2. The molecule has 1 fully saturated rings. The Hall–Kier alpha value is -3.68. The summed E-state index contributed by atoms with van der Waals surface area (Å²) in [5.41, 5.74) is 1.30. The molecule has 2 heterocycles. The number of methoxy groups -OCH3 is 1. The summed E-state index contributed by atoms with van der Waals surface area (Å²) in [5.74, 6) is -0.334. The van der Waals surface area contributed by atoms with Gasteiger partial charge in [0, 0.05) is 44.7 Å². The van der Waals surface area contributed by atoms with E-state index in [2.05, 4.69) is 0 Å². The van der Waals surface area contributed by atoms with Gasteiger partial charge in [0.2, 0.25) is 5.91 Å². The molecular formula is C23H23N3O5. The maximum absolute atomic E-state index is 12.7. The van der Waals surface area contributed by atoms with E-state index in [4.69, 9.17) is 4.74 Å². The molecule has 4 amide bonds. The van der Waals surface area contributed by atoms with Crippen molar-refractivity contribution in [2.45, 2.75) is 6.42 Å². The molecule has 2 aliphatic rings. The van der Waals surface area contributed by atoms with Crippen LogP contribution < -0.4 is 4.74 Å². The molecule has 1 saturated heterocycles. The molecular weight excluding hydrogens is 398 g/mol. The first-order valence-electron chi connectivity index (χ1n) is 10.2. The number of amides is 4. The lowest BCUT2D eigenvalue weighted by atomic mass is 10.1. The largest absolute Gasteiger partial charge is 0.497 e. The summed E-state index contributed by atoms with van der Waals surface area (Å²) in [6.45, 7) is 1.73. The van der Waals surface area contributed by atoms with Crippen LogP contribution in [0.1, 0.15) is 37.5 Å². The minimum Gasteiger partial charge on any atom is -0.497 e. The Morgan fingerprint density at radius 1 is 0.871 bits per heavy atom. The predicted octanol–water partition coefficient (Wildman–Crippen LogP) is 1.67. The van der Waals surface area contributed by atoms with Gasteiger partial charge in [0.15, 0.2) is 0 Å². The molecule has 2 aliphatic heterocycles.